The van der Waals surface area contributed by atoms with Crippen LogP contribution in [0.3, 0.4) is 0 Å². The largest absolute Gasteiger partial charge is 0.491 e. The molecule has 0 radical (unpaired) electrons. The Morgan fingerprint density at radius 1 is 1.30 bits per heavy atom. The van der Waals surface area contributed by atoms with Gasteiger partial charge in [-0.15, -0.1) is 0 Å². The zero-order valence-electron chi connectivity index (χ0n) is 12.3. The van der Waals surface area contributed by atoms with Crippen LogP contribution in [-0.2, 0) is 0 Å². The van der Waals surface area contributed by atoms with Crippen molar-refractivity contribution in [3.63, 3.8) is 0 Å². The second-order valence-electron chi connectivity index (χ2n) is 5.47. The number of hydrogen-bond donors (Lipinski definition) is 1. The fourth-order valence-corrected chi connectivity index (χ4v) is 2.52. The predicted octanol–water partition coefficient (Wildman–Crippen LogP) is 1.99. The van der Waals surface area contributed by atoms with E-state index >= 15 is 0 Å². The second kappa shape index (κ2) is 7.27. The van der Waals surface area contributed by atoms with Gasteiger partial charge in [-0.2, -0.15) is 0 Å². The summed E-state index contributed by atoms with van der Waals surface area (Å²) in [5.41, 5.74) is 6.86. The van der Waals surface area contributed by atoms with Gasteiger partial charge < -0.3 is 15.4 Å². The lowest BCUT2D eigenvalue weighted by Crippen LogP contribution is -2.45. The first-order chi connectivity index (χ1) is 9.56. The topological polar surface area (TPSA) is 41.7 Å². The highest BCUT2D eigenvalue weighted by Crippen LogP contribution is 2.27. The average molecular weight is 298 g/mol. The Bertz CT molecular complexity index is 431. The van der Waals surface area contributed by atoms with Crippen molar-refractivity contribution in [3.05, 3.63) is 28.8 Å². The molecule has 1 atom stereocenters. The molecule has 0 saturated carbocycles. The highest BCUT2D eigenvalue weighted by atomic mass is 35.5. The quantitative estimate of drug-likeness (QED) is 0.902. The van der Waals surface area contributed by atoms with Gasteiger partial charge in [-0.05, 0) is 31.7 Å². The van der Waals surface area contributed by atoms with E-state index in [9.17, 15) is 0 Å². The van der Waals surface area contributed by atoms with Crippen molar-refractivity contribution in [2.24, 2.45) is 5.73 Å². The van der Waals surface area contributed by atoms with Crippen LogP contribution in [0.1, 0.15) is 18.5 Å². The molecule has 0 aliphatic carbocycles. The first kappa shape index (κ1) is 15.6. The molecule has 4 nitrogen and oxygen atoms in total. The summed E-state index contributed by atoms with van der Waals surface area (Å²) in [5.74, 6) is 0.741. The van der Waals surface area contributed by atoms with E-state index in [1.165, 1.54) is 0 Å². The predicted molar refractivity (Wildman–Crippen MR) is 83.5 cm³/mol. The molecule has 1 aromatic rings. The third-order valence-corrected chi connectivity index (χ3v) is 4.04. The van der Waals surface area contributed by atoms with Crippen LogP contribution in [0.2, 0.25) is 5.02 Å². The number of nitrogens with two attached hydrogens (primary N) is 1. The van der Waals surface area contributed by atoms with Crippen LogP contribution >= 0.6 is 11.6 Å². The van der Waals surface area contributed by atoms with Crippen molar-refractivity contribution in [2.75, 3.05) is 46.4 Å². The number of halogens is 1. The lowest BCUT2D eigenvalue weighted by molar-refractivity contribution is 0.134. The van der Waals surface area contributed by atoms with E-state index < -0.39 is 0 Å². The van der Waals surface area contributed by atoms with E-state index in [0.717, 1.165) is 44.0 Å². The highest BCUT2D eigenvalue weighted by molar-refractivity contribution is 6.32. The molecule has 112 valence electrons. The third kappa shape index (κ3) is 4.35. The van der Waals surface area contributed by atoms with E-state index in [2.05, 4.69) is 16.8 Å². The molecule has 1 aliphatic heterocycles. The summed E-state index contributed by atoms with van der Waals surface area (Å²) in [5, 5.41) is 0.637. The fraction of sp³-hybridized carbons (Fsp3) is 0.600. The zero-order chi connectivity index (χ0) is 14.5. The molecule has 0 aromatic heterocycles. The molecule has 1 saturated heterocycles. The van der Waals surface area contributed by atoms with Gasteiger partial charge in [0.25, 0.3) is 0 Å². The summed E-state index contributed by atoms with van der Waals surface area (Å²) < 4.78 is 5.77. The molecule has 20 heavy (non-hydrogen) atoms. The van der Waals surface area contributed by atoms with Crippen molar-refractivity contribution in [2.45, 2.75) is 13.0 Å². The van der Waals surface area contributed by atoms with E-state index in [4.69, 9.17) is 22.1 Å². The van der Waals surface area contributed by atoms with E-state index in [1.54, 1.807) is 0 Å². The Kier molecular flexibility index (Phi) is 5.66. The van der Waals surface area contributed by atoms with Crippen molar-refractivity contribution >= 4 is 11.6 Å². The Hall–Kier alpha value is -0.810. The Labute approximate surface area is 126 Å². The lowest BCUT2D eigenvalue weighted by Gasteiger charge is -2.32. The van der Waals surface area contributed by atoms with Crippen LogP contribution in [-0.4, -0.2) is 56.2 Å². The maximum Gasteiger partial charge on any atom is 0.137 e. The van der Waals surface area contributed by atoms with Gasteiger partial charge >= 0.3 is 0 Å². The van der Waals surface area contributed by atoms with E-state index in [0.29, 0.717) is 11.6 Å². The van der Waals surface area contributed by atoms with E-state index in [1.807, 2.05) is 25.1 Å². The Morgan fingerprint density at radius 3 is 2.60 bits per heavy atom. The SMILES string of the molecule is C[C@@H](N)c1ccc(OCCN2CCN(C)CC2)c(Cl)c1. The summed E-state index contributed by atoms with van der Waals surface area (Å²) in [6.45, 7) is 8.03. The van der Waals surface area contributed by atoms with E-state index in [-0.39, 0.29) is 6.04 Å². The van der Waals surface area contributed by atoms with Gasteiger partial charge in [0.05, 0.1) is 5.02 Å². The number of piperazine rings is 1. The second-order valence-corrected chi connectivity index (χ2v) is 5.88. The average Bonchev–Trinajstić information content (AvgIpc) is 2.42. The number of ether oxygens (including phenoxy) is 1. The molecule has 1 fully saturated rings. The van der Waals surface area contributed by atoms with Crippen LogP contribution in [0.25, 0.3) is 0 Å². The summed E-state index contributed by atoms with van der Waals surface area (Å²) in [4.78, 5) is 4.77. The minimum atomic E-state index is -0.00751. The van der Waals surface area contributed by atoms with Crippen molar-refractivity contribution < 1.29 is 4.74 Å². The summed E-state index contributed by atoms with van der Waals surface area (Å²) in [6.07, 6.45) is 0. The monoisotopic (exact) mass is 297 g/mol. The normalized spacial score (nSPS) is 19.0. The zero-order valence-corrected chi connectivity index (χ0v) is 13.1. The number of likely N-dealkylation sites (N-methyl/N-ethyl adjacent to an activating group) is 1. The molecule has 0 unspecified atom stereocenters. The van der Waals surface area contributed by atoms with Gasteiger partial charge in [0.15, 0.2) is 0 Å². The first-order valence-corrected chi connectivity index (χ1v) is 7.53. The van der Waals surface area contributed by atoms with Gasteiger partial charge in [-0.25, -0.2) is 0 Å². The maximum atomic E-state index is 6.21. The van der Waals surface area contributed by atoms with Gasteiger partial charge in [-0.1, -0.05) is 17.7 Å². The van der Waals surface area contributed by atoms with Gasteiger partial charge in [0, 0.05) is 38.8 Å². The summed E-state index contributed by atoms with van der Waals surface area (Å²) in [7, 11) is 2.16. The van der Waals surface area contributed by atoms with Crippen molar-refractivity contribution in [1.29, 1.82) is 0 Å². The van der Waals surface area contributed by atoms with Gasteiger partial charge in [0.1, 0.15) is 12.4 Å². The summed E-state index contributed by atoms with van der Waals surface area (Å²) >= 11 is 6.21. The molecule has 1 aromatic carbocycles. The molecule has 0 amide bonds. The van der Waals surface area contributed by atoms with Crippen LogP contribution < -0.4 is 10.5 Å². The van der Waals surface area contributed by atoms with Crippen molar-refractivity contribution in [3.8, 4) is 5.75 Å². The number of benzene rings is 1. The first-order valence-electron chi connectivity index (χ1n) is 7.15. The molecule has 1 aliphatic rings. The van der Waals surface area contributed by atoms with Crippen LogP contribution in [0.15, 0.2) is 18.2 Å². The van der Waals surface area contributed by atoms with Crippen molar-refractivity contribution in [1.82, 2.24) is 9.80 Å². The summed E-state index contributed by atoms with van der Waals surface area (Å²) in [6, 6.07) is 5.76. The molecule has 2 rings (SSSR count). The number of rotatable bonds is 5. The number of hydrogen-bond acceptors (Lipinski definition) is 4. The molecule has 0 spiro atoms. The molecular weight excluding hydrogens is 274 g/mol. The minimum Gasteiger partial charge on any atom is -0.491 e. The van der Waals surface area contributed by atoms with Gasteiger partial charge in [0.2, 0.25) is 0 Å². The molecule has 0 bridgehead atoms. The Balaban J connectivity index is 1.79. The third-order valence-electron chi connectivity index (χ3n) is 3.74. The number of nitrogens with zero attached hydrogens (tertiary/aromatic N) is 2. The van der Waals surface area contributed by atoms with Gasteiger partial charge in [-0.3, -0.25) is 4.90 Å². The van der Waals surface area contributed by atoms with Crippen LogP contribution in [0.4, 0.5) is 0 Å². The van der Waals surface area contributed by atoms with Crippen LogP contribution in [0, 0.1) is 0 Å². The molecule has 5 heteroatoms. The fourth-order valence-electron chi connectivity index (χ4n) is 2.27. The molecule has 2 N–H and O–H groups in total. The standard InChI is InChI=1S/C15H24ClN3O/c1-12(17)13-3-4-15(14(16)11-13)20-10-9-19-7-5-18(2)6-8-19/h3-4,11-12H,5-10,17H2,1-2H3/t12-/m1/s1. The maximum absolute atomic E-state index is 6.21. The molecular formula is C15H24ClN3O. The molecule has 1 heterocycles. The smallest absolute Gasteiger partial charge is 0.137 e. The lowest BCUT2D eigenvalue weighted by atomic mass is 10.1. The highest BCUT2D eigenvalue weighted by Gasteiger charge is 2.13. The Morgan fingerprint density at radius 2 is 2.00 bits per heavy atom. The minimum absolute atomic E-state index is 0.00751. The van der Waals surface area contributed by atoms with Crippen LogP contribution in [0.5, 0.6) is 5.75 Å².